The SMILES string of the molecule is C=CCNC(=O)Nc1ccc(C(=O)N/N=C/c2ccc(O)c(OCC)c2)cc1. The van der Waals surface area contributed by atoms with Crippen molar-refractivity contribution in [3.8, 4) is 11.5 Å². The van der Waals surface area contributed by atoms with Gasteiger partial charge in [0.05, 0.1) is 12.8 Å². The molecule has 0 aliphatic heterocycles. The molecule has 2 aromatic carbocycles. The van der Waals surface area contributed by atoms with Gasteiger partial charge in [-0.15, -0.1) is 6.58 Å². The number of hydrogen-bond donors (Lipinski definition) is 4. The summed E-state index contributed by atoms with van der Waals surface area (Å²) in [6.45, 7) is 6.11. The molecule has 0 heterocycles. The Bertz CT molecular complexity index is 863. The fraction of sp³-hybridized carbons (Fsp3) is 0.150. The summed E-state index contributed by atoms with van der Waals surface area (Å²) in [6.07, 6.45) is 3.02. The third kappa shape index (κ3) is 6.17. The van der Waals surface area contributed by atoms with E-state index in [1.807, 2.05) is 6.92 Å². The van der Waals surface area contributed by atoms with Gasteiger partial charge in [0.2, 0.25) is 0 Å². The van der Waals surface area contributed by atoms with Crippen LogP contribution in [0.3, 0.4) is 0 Å². The van der Waals surface area contributed by atoms with Gasteiger partial charge in [0.25, 0.3) is 5.91 Å². The molecule has 0 aromatic heterocycles. The molecule has 0 fully saturated rings. The van der Waals surface area contributed by atoms with Gasteiger partial charge in [-0.05, 0) is 55.0 Å². The molecule has 146 valence electrons. The van der Waals surface area contributed by atoms with Crippen LogP contribution in [0.25, 0.3) is 0 Å². The first-order valence-electron chi connectivity index (χ1n) is 8.58. The lowest BCUT2D eigenvalue weighted by atomic mass is 10.2. The molecule has 2 aromatic rings. The molecule has 0 aliphatic carbocycles. The number of carbonyl (C=O) groups is 2. The molecule has 0 unspecified atom stereocenters. The van der Waals surface area contributed by atoms with Crippen LogP contribution < -0.4 is 20.8 Å². The second-order valence-corrected chi connectivity index (χ2v) is 5.56. The van der Waals surface area contributed by atoms with Crippen LogP contribution in [0.15, 0.2) is 60.2 Å². The van der Waals surface area contributed by atoms with Crippen molar-refractivity contribution in [2.75, 3.05) is 18.5 Å². The van der Waals surface area contributed by atoms with Crippen molar-refractivity contribution in [3.63, 3.8) is 0 Å². The maximum Gasteiger partial charge on any atom is 0.319 e. The first-order chi connectivity index (χ1) is 13.5. The van der Waals surface area contributed by atoms with Gasteiger partial charge >= 0.3 is 6.03 Å². The van der Waals surface area contributed by atoms with E-state index in [4.69, 9.17) is 4.74 Å². The van der Waals surface area contributed by atoms with Crippen molar-refractivity contribution >= 4 is 23.8 Å². The van der Waals surface area contributed by atoms with Crippen molar-refractivity contribution in [2.24, 2.45) is 5.10 Å². The number of carbonyl (C=O) groups excluding carboxylic acids is 2. The molecule has 0 bridgehead atoms. The number of anilines is 1. The van der Waals surface area contributed by atoms with Crippen molar-refractivity contribution in [1.29, 1.82) is 0 Å². The third-order valence-electron chi connectivity index (χ3n) is 3.48. The van der Waals surface area contributed by atoms with E-state index in [0.717, 1.165) is 0 Å². The summed E-state index contributed by atoms with van der Waals surface area (Å²) in [4.78, 5) is 23.7. The predicted molar refractivity (Wildman–Crippen MR) is 108 cm³/mol. The Morgan fingerprint density at radius 3 is 2.64 bits per heavy atom. The Morgan fingerprint density at radius 1 is 1.21 bits per heavy atom. The van der Waals surface area contributed by atoms with Crippen molar-refractivity contribution in [3.05, 3.63) is 66.2 Å². The zero-order chi connectivity index (χ0) is 20.4. The molecule has 8 nitrogen and oxygen atoms in total. The molecule has 0 aliphatic rings. The van der Waals surface area contributed by atoms with Crippen LogP contribution in [0, 0.1) is 0 Å². The largest absolute Gasteiger partial charge is 0.504 e. The number of amides is 3. The van der Waals surface area contributed by atoms with Crippen LogP contribution in [0.1, 0.15) is 22.8 Å². The molecule has 2 rings (SSSR count). The molecule has 3 amide bonds. The lowest BCUT2D eigenvalue weighted by molar-refractivity contribution is 0.0955. The van der Waals surface area contributed by atoms with Gasteiger partial charge < -0.3 is 20.5 Å². The molecular weight excluding hydrogens is 360 g/mol. The number of urea groups is 1. The molecule has 28 heavy (non-hydrogen) atoms. The topological polar surface area (TPSA) is 112 Å². The van der Waals surface area contributed by atoms with E-state index in [-0.39, 0.29) is 11.8 Å². The van der Waals surface area contributed by atoms with Crippen LogP contribution in [0.4, 0.5) is 10.5 Å². The second kappa shape index (κ2) is 10.4. The summed E-state index contributed by atoms with van der Waals surface area (Å²) >= 11 is 0. The third-order valence-corrected chi connectivity index (χ3v) is 3.48. The summed E-state index contributed by atoms with van der Waals surface area (Å²) in [5.74, 6) is -0.0179. The van der Waals surface area contributed by atoms with Gasteiger partial charge in [0.1, 0.15) is 0 Å². The molecule has 0 radical (unpaired) electrons. The van der Waals surface area contributed by atoms with E-state index in [9.17, 15) is 14.7 Å². The van der Waals surface area contributed by atoms with Gasteiger partial charge in [-0.3, -0.25) is 4.79 Å². The average molecular weight is 382 g/mol. The van der Waals surface area contributed by atoms with E-state index < -0.39 is 5.91 Å². The predicted octanol–water partition coefficient (Wildman–Crippen LogP) is 2.86. The van der Waals surface area contributed by atoms with E-state index in [1.165, 1.54) is 12.3 Å². The highest BCUT2D eigenvalue weighted by atomic mass is 16.5. The fourth-order valence-corrected chi connectivity index (χ4v) is 2.16. The van der Waals surface area contributed by atoms with Gasteiger partial charge in [-0.2, -0.15) is 5.10 Å². The Morgan fingerprint density at radius 2 is 1.96 bits per heavy atom. The highest BCUT2D eigenvalue weighted by Crippen LogP contribution is 2.26. The second-order valence-electron chi connectivity index (χ2n) is 5.56. The normalized spacial score (nSPS) is 10.3. The number of rotatable bonds is 8. The molecule has 0 atom stereocenters. The lowest BCUT2D eigenvalue weighted by Crippen LogP contribution is -2.28. The number of nitrogens with zero attached hydrogens (tertiary/aromatic N) is 1. The van der Waals surface area contributed by atoms with Crippen molar-refractivity contribution in [1.82, 2.24) is 10.7 Å². The molecule has 8 heteroatoms. The first-order valence-corrected chi connectivity index (χ1v) is 8.58. The molecule has 0 spiro atoms. The van der Waals surface area contributed by atoms with E-state index >= 15 is 0 Å². The Kier molecular flexibility index (Phi) is 7.59. The van der Waals surface area contributed by atoms with Crippen LogP contribution in [-0.2, 0) is 0 Å². The number of hydrazone groups is 1. The van der Waals surface area contributed by atoms with Crippen molar-refractivity contribution < 1.29 is 19.4 Å². The summed E-state index contributed by atoms with van der Waals surface area (Å²) in [7, 11) is 0. The zero-order valence-electron chi connectivity index (χ0n) is 15.4. The van der Waals surface area contributed by atoms with Crippen LogP contribution in [-0.4, -0.2) is 36.4 Å². The number of nitrogens with one attached hydrogen (secondary N) is 3. The fourth-order valence-electron chi connectivity index (χ4n) is 2.16. The highest BCUT2D eigenvalue weighted by molar-refractivity contribution is 5.96. The van der Waals surface area contributed by atoms with Gasteiger partial charge in [0, 0.05) is 17.8 Å². The molecule has 4 N–H and O–H groups in total. The first kappa shape index (κ1) is 20.5. The quantitative estimate of drug-likeness (QED) is 0.319. The van der Waals surface area contributed by atoms with Crippen LogP contribution in [0.2, 0.25) is 0 Å². The standard InChI is InChI=1S/C20H22N4O4/c1-3-11-21-20(27)23-16-8-6-15(7-9-16)19(26)24-22-13-14-5-10-17(25)18(12-14)28-4-2/h3,5-10,12-13,25H,1,4,11H2,2H3,(H,24,26)(H2,21,23,27)/b22-13+. The zero-order valence-corrected chi connectivity index (χ0v) is 15.4. The Hall–Kier alpha value is -3.81. The summed E-state index contributed by atoms with van der Waals surface area (Å²) < 4.78 is 5.30. The van der Waals surface area contributed by atoms with Crippen molar-refractivity contribution in [2.45, 2.75) is 6.92 Å². The minimum atomic E-state index is -0.400. The average Bonchev–Trinajstić information content (AvgIpc) is 2.69. The smallest absolute Gasteiger partial charge is 0.319 e. The van der Waals surface area contributed by atoms with Gasteiger partial charge in [0.15, 0.2) is 11.5 Å². The van der Waals surface area contributed by atoms with Crippen LogP contribution >= 0.6 is 0 Å². The minimum Gasteiger partial charge on any atom is -0.504 e. The highest BCUT2D eigenvalue weighted by Gasteiger charge is 2.06. The lowest BCUT2D eigenvalue weighted by Gasteiger charge is -2.07. The molecule has 0 saturated carbocycles. The van der Waals surface area contributed by atoms with E-state index in [0.29, 0.717) is 35.7 Å². The maximum atomic E-state index is 12.1. The number of phenols is 1. The summed E-state index contributed by atoms with van der Waals surface area (Å²) in [5, 5.41) is 18.8. The summed E-state index contributed by atoms with van der Waals surface area (Å²) in [6, 6.07) is 10.8. The van der Waals surface area contributed by atoms with E-state index in [1.54, 1.807) is 42.5 Å². The molecular formula is C20H22N4O4. The minimum absolute atomic E-state index is 0.0370. The summed E-state index contributed by atoms with van der Waals surface area (Å²) in [5.41, 5.74) is 4.01. The number of phenolic OH excluding ortho intramolecular Hbond substituents is 1. The van der Waals surface area contributed by atoms with Crippen LogP contribution in [0.5, 0.6) is 11.5 Å². The monoisotopic (exact) mass is 382 g/mol. The van der Waals surface area contributed by atoms with Gasteiger partial charge in [-0.25, -0.2) is 10.2 Å². The maximum absolute atomic E-state index is 12.1. The van der Waals surface area contributed by atoms with Gasteiger partial charge in [-0.1, -0.05) is 6.08 Å². The Labute approximate surface area is 162 Å². The number of aromatic hydroxyl groups is 1. The number of ether oxygens (including phenoxy) is 1. The molecule has 0 saturated heterocycles. The number of hydrogen-bond acceptors (Lipinski definition) is 5. The van der Waals surface area contributed by atoms with E-state index in [2.05, 4.69) is 27.7 Å². The number of benzene rings is 2. The Balaban J connectivity index is 1.92.